The normalized spacial score (nSPS) is 10.6. The molecule has 2 N–H and O–H groups in total. The lowest BCUT2D eigenvalue weighted by molar-refractivity contribution is 0.102. The highest BCUT2D eigenvalue weighted by molar-refractivity contribution is 7.12. The van der Waals surface area contributed by atoms with Crippen LogP contribution in [0.25, 0.3) is 5.69 Å². The van der Waals surface area contributed by atoms with Gasteiger partial charge in [0.05, 0.1) is 5.69 Å². The number of aromatic amines is 1. The summed E-state index contributed by atoms with van der Waals surface area (Å²) >= 11 is 1.29. The summed E-state index contributed by atoms with van der Waals surface area (Å²) in [6, 6.07) is 1.76. The van der Waals surface area contributed by atoms with E-state index in [1.165, 1.54) is 22.3 Å². The number of carbonyl (C=O) groups excluding carboxylic acids is 1. The Kier molecular flexibility index (Phi) is 2.76. The Hall–Kier alpha value is -2.62. The van der Waals surface area contributed by atoms with Crippen molar-refractivity contribution in [1.29, 1.82) is 0 Å². The van der Waals surface area contributed by atoms with E-state index >= 15 is 0 Å². The van der Waals surface area contributed by atoms with Gasteiger partial charge in [-0.15, -0.1) is 21.5 Å². The van der Waals surface area contributed by atoms with Gasteiger partial charge in [-0.1, -0.05) is 0 Å². The molecule has 10 heteroatoms. The van der Waals surface area contributed by atoms with Crippen LogP contribution in [0.2, 0.25) is 0 Å². The van der Waals surface area contributed by atoms with Crippen LogP contribution in [0.5, 0.6) is 0 Å². The third-order valence-electron chi connectivity index (χ3n) is 2.27. The monoisotopic (exact) mass is 276 g/mol. The molecule has 96 valence electrons. The largest absolute Gasteiger partial charge is 0.288 e. The number of nitrogens with zero attached hydrogens (tertiary/aromatic N) is 6. The first-order valence-corrected chi connectivity index (χ1v) is 6.13. The van der Waals surface area contributed by atoms with Gasteiger partial charge in [0.1, 0.15) is 17.0 Å². The van der Waals surface area contributed by atoms with E-state index in [1.807, 2.05) is 0 Å². The smallest absolute Gasteiger partial charge is 0.270 e. The molecule has 9 nitrogen and oxygen atoms in total. The van der Waals surface area contributed by atoms with Crippen LogP contribution in [0.3, 0.4) is 0 Å². The number of thiophene rings is 1. The predicted octanol–water partition coefficient (Wildman–Crippen LogP) is 0.403. The number of nitrogens with one attached hydrogen (secondary N) is 2. The maximum Gasteiger partial charge on any atom is 0.270 e. The molecule has 0 saturated carbocycles. The molecule has 0 atom stereocenters. The van der Waals surface area contributed by atoms with Crippen LogP contribution in [-0.2, 0) is 0 Å². The highest BCUT2D eigenvalue weighted by Crippen LogP contribution is 2.20. The summed E-state index contributed by atoms with van der Waals surface area (Å²) in [5, 5.41) is 21.7. The summed E-state index contributed by atoms with van der Waals surface area (Å²) in [5.41, 5.74) is 0.611. The second-order valence-corrected chi connectivity index (χ2v) is 4.50. The average molecular weight is 276 g/mol. The van der Waals surface area contributed by atoms with Gasteiger partial charge in [0, 0.05) is 0 Å². The van der Waals surface area contributed by atoms with E-state index in [9.17, 15) is 4.79 Å². The van der Waals surface area contributed by atoms with Crippen molar-refractivity contribution in [2.24, 2.45) is 0 Å². The molecule has 0 unspecified atom stereocenters. The molecule has 0 fully saturated rings. The summed E-state index contributed by atoms with van der Waals surface area (Å²) in [5.74, 6) is 0.556. The molecule has 3 aromatic rings. The molecule has 0 bridgehead atoms. The molecule has 1 amide bonds. The molecule has 0 aliphatic carbocycles. The maximum absolute atomic E-state index is 12.1. The van der Waals surface area contributed by atoms with Crippen LogP contribution >= 0.6 is 11.3 Å². The number of carbonyl (C=O) groups is 1. The van der Waals surface area contributed by atoms with Crippen LogP contribution in [-0.4, -0.2) is 41.3 Å². The fourth-order valence-corrected chi connectivity index (χ4v) is 2.25. The minimum absolute atomic E-state index is 0.235. The first-order chi connectivity index (χ1) is 9.24. The first kappa shape index (κ1) is 11.5. The SMILES string of the molecule is Cc1nc(NC(=O)c2sccc2-n2cnnn2)n[nH]1. The highest BCUT2D eigenvalue weighted by Gasteiger charge is 2.17. The van der Waals surface area contributed by atoms with Gasteiger partial charge in [-0.05, 0) is 28.8 Å². The summed E-state index contributed by atoms with van der Waals surface area (Å²) in [6.45, 7) is 1.75. The number of amides is 1. The van der Waals surface area contributed by atoms with Gasteiger partial charge in [0.2, 0.25) is 5.95 Å². The molecule has 0 aliphatic heterocycles. The lowest BCUT2D eigenvalue weighted by Crippen LogP contribution is -2.14. The number of anilines is 1. The second kappa shape index (κ2) is 4.57. The molecule has 0 aromatic carbocycles. The summed E-state index contributed by atoms with van der Waals surface area (Å²) in [6.07, 6.45) is 1.43. The van der Waals surface area contributed by atoms with Gasteiger partial charge in [-0.3, -0.25) is 15.2 Å². The molecule has 0 aliphatic rings. The molecule has 0 radical (unpaired) electrons. The molecular weight excluding hydrogens is 268 g/mol. The predicted molar refractivity (Wildman–Crippen MR) is 66.1 cm³/mol. The fourth-order valence-electron chi connectivity index (χ4n) is 1.48. The lowest BCUT2D eigenvalue weighted by atomic mass is 10.4. The number of hydrogen-bond acceptors (Lipinski definition) is 7. The number of H-pyrrole nitrogens is 1. The second-order valence-electron chi connectivity index (χ2n) is 3.59. The van der Waals surface area contributed by atoms with Crippen molar-refractivity contribution in [2.75, 3.05) is 5.32 Å². The van der Waals surface area contributed by atoms with Crippen LogP contribution in [0.1, 0.15) is 15.5 Å². The minimum atomic E-state index is -0.306. The topological polar surface area (TPSA) is 114 Å². The van der Waals surface area contributed by atoms with Crippen molar-refractivity contribution in [3.05, 3.63) is 28.5 Å². The Morgan fingerprint density at radius 2 is 2.42 bits per heavy atom. The van der Waals surface area contributed by atoms with E-state index in [1.54, 1.807) is 18.4 Å². The van der Waals surface area contributed by atoms with Crippen molar-refractivity contribution in [2.45, 2.75) is 6.92 Å². The molecule has 0 saturated heterocycles. The molecule has 3 rings (SSSR count). The van der Waals surface area contributed by atoms with Crippen molar-refractivity contribution >= 4 is 23.2 Å². The summed E-state index contributed by atoms with van der Waals surface area (Å²) in [4.78, 5) is 16.6. The van der Waals surface area contributed by atoms with Gasteiger partial charge in [0.15, 0.2) is 0 Å². The molecule has 3 aromatic heterocycles. The third-order valence-corrected chi connectivity index (χ3v) is 3.17. The van der Waals surface area contributed by atoms with E-state index in [2.05, 4.69) is 36.0 Å². The Morgan fingerprint density at radius 3 is 3.11 bits per heavy atom. The zero-order valence-corrected chi connectivity index (χ0v) is 10.5. The van der Waals surface area contributed by atoms with E-state index in [-0.39, 0.29) is 11.9 Å². The zero-order valence-electron chi connectivity index (χ0n) is 9.73. The Balaban J connectivity index is 1.87. The van der Waals surface area contributed by atoms with Crippen LogP contribution in [0.15, 0.2) is 17.8 Å². The van der Waals surface area contributed by atoms with Gasteiger partial charge >= 0.3 is 0 Å². The van der Waals surface area contributed by atoms with Crippen molar-refractivity contribution in [3.63, 3.8) is 0 Å². The van der Waals surface area contributed by atoms with E-state index in [0.717, 1.165) is 0 Å². The number of tetrazole rings is 1. The molecule has 0 spiro atoms. The zero-order chi connectivity index (χ0) is 13.2. The van der Waals surface area contributed by atoms with Crippen molar-refractivity contribution in [1.82, 2.24) is 35.4 Å². The fraction of sp³-hybridized carbons (Fsp3) is 0.111. The van der Waals surface area contributed by atoms with Crippen LogP contribution in [0, 0.1) is 6.92 Å². The standard InChI is InChI=1S/C9H8N8OS/c1-5-11-9(14-13-5)12-8(18)7-6(2-3-19-7)17-4-10-15-16-17/h2-4H,1H3,(H2,11,12,13,14,18). The number of hydrogen-bond donors (Lipinski definition) is 2. The average Bonchev–Trinajstić information content (AvgIpc) is 3.07. The van der Waals surface area contributed by atoms with Crippen LogP contribution < -0.4 is 5.32 Å². The Bertz CT molecular complexity index is 699. The Morgan fingerprint density at radius 1 is 1.53 bits per heavy atom. The number of aryl methyl sites for hydroxylation is 1. The summed E-state index contributed by atoms with van der Waals surface area (Å²) in [7, 11) is 0. The van der Waals surface area contributed by atoms with Crippen molar-refractivity contribution < 1.29 is 4.79 Å². The maximum atomic E-state index is 12.1. The van der Waals surface area contributed by atoms with E-state index < -0.39 is 0 Å². The molecule has 3 heterocycles. The summed E-state index contributed by atoms with van der Waals surface area (Å²) < 4.78 is 1.43. The van der Waals surface area contributed by atoms with E-state index in [4.69, 9.17) is 0 Å². The van der Waals surface area contributed by atoms with Gasteiger partial charge in [-0.25, -0.2) is 0 Å². The molecular formula is C9H8N8OS. The first-order valence-electron chi connectivity index (χ1n) is 5.25. The lowest BCUT2D eigenvalue weighted by Gasteiger charge is -2.01. The van der Waals surface area contributed by atoms with Crippen LogP contribution in [0.4, 0.5) is 5.95 Å². The quantitative estimate of drug-likeness (QED) is 0.715. The highest BCUT2D eigenvalue weighted by atomic mass is 32.1. The number of aromatic nitrogens is 7. The van der Waals surface area contributed by atoms with Gasteiger partial charge < -0.3 is 0 Å². The number of rotatable bonds is 3. The molecule has 19 heavy (non-hydrogen) atoms. The van der Waals surface area contributed by atoms with Gasteiger partial charge in [-0.2, -0.15) is 9.67 Å². The van der Waals surface area contributed by atoms with E-state index in [0.29, 0.717) is 16.4 Å². The van der Waals surface area contributed by atoms with Crippen molar-refractivity contribution in [3.8, 4) is 5.69 Å². The van der Waals surface area contributed by atoms with Gasteiger partial charge in [0.25, 0.3) is 5.91 Å². The Labute approximate surface area is 110 Å². The minimum Gasteiger partial charge on any atom is -0.288 e. The third kappa shape index (κ3) is 2.20.